The number of hydrogen-bond acceptors (Lipinski definition) is 0. The van der Waals surface area contributed by atoms with Crippen LogP contribution < -0.4 is 0 Å². The molecule has 2 aromatic rings. The first-order valence-corrected chi connectivity index (χ1v) is 14.2. The Kier molecular flexibility index (Phi) is 5.51. The quantitative estimate of drug-likeness (QED) is 0.291. The topological polar surface area (TPSA) is 0 Å². The van der Waals surface area contributed by atoms with Crippen molar-refractivity contribution in [3.8, 4) is 0 Å². The van der Waals surface area contributed by atoms with E-state index in [-0.39, 0.29) is 4.31 Å². The molecule has 0 radical (unpaired) electrons. The van der Waals surface area contributed by atoms with Gasteiger partial charge in [0.05, 0.1) is 0 Å². The van der Waals surface area contributed by atoms with Gasteiger partial charge in [-0.2, -0.15) is 0 Å². The fourth-order valence-corrected chi connectivity index (χ4v) is 3.51. The summed E-state index contributed by atoms with van der Waals surface area (Å²) in [5, 5.41) is 0. The molecule has 27 heavy (non-hydrogen) atoms. The van der Waals surface area contributed by atoms with Crippen LogP contribution in [0.2, 0.25) is 0 Å². The molecule has 0 bridgehead atoms. The molecule has 0 amide bonds. The zero-order valence-corrected chi connectivity index (χ0v) is 18.1. The van der Waals surface area contributed by atoms with Crippen molar-refractivity contribution >= 4 is 25.0 Å². The van der Waals surface area contributed by atoms with Crippen LogP contribution in [0.15, 0.2) is 66.8 Å². The Hall–Kier alpha value is -1.16. The van der Waals surface area contributed by atoms with E-state index in [0.717, 1.165) is 0 Å². The molecule has 0 aliphatic heterocycles. The van der Waals surface area contributed by atoms with Gasteiger partial charge in [-0.25, -0.2) is 0 Å². The summed E-state index contributed by atoms with van der Waals surface area (Å²) in [6.45, 7) is 4.32. The maximum absolute atomic E-state index is 11.2. The van der Waals surface area contributed by atoms with Crippen molar-refractivity contribution in [2.75, 3.05) is 0 Å². The fraction of sp³-hybridized carbons (Fsp3) is 0.158. The molecule has 0 spiro atoms. The van der Waals surface area contributed by atoms with Crippen molar-refractivity contribution in [2.24, 2.45) is 0 Å². The van der Waals surface area contributed by atoms with Crippen LogP contribution in [0.4, 0.5) is 16.9 Å². The van der Waals surface area contributed by atoms with Gasteiger partial charge in [0, 0.05) is 0 Å². The third kappa shape index (κ3) is 6.74. The summed E-state index contributed by atoms with van der Waals surface area (Å²) in [4.78, 5) is 0. The van der Waals surface area contributed by atoms with Gasteiger partial charge in [-0.3, -0.25) is 0 Å². The summed E-state index contributed by atoms with van der Waals surface area (Å²) in [6, 6.07) is 17.0. The van der Waals surface area contributed by atoms with Crippen LogP contribution in [0.1, 0.15) is 22.3 Å². The average molecular weight is 537 g/mol. The predicted octanol–water partition coefficient (Wildman–Crippen LogP) is 6.84. The Labute approximate surface area is 164 Å². The molecular formula is C19H17F6FeSb. The van der Waals surface area contributed by atoms with Crippen molar-refractivity contribution in [1.82, 2.24) is 0 Å². The summed E-state index contributed by atoms with van der Waals surface area (Å²) in [5.74, 6) is 0. The van der Waals surface area contributed by atoms with E-state index >= 15 is 0 Å². The fourth-order valence-electron chi connectivity index (χ4n) is 2.85. The third-order valence-corrected chi connectivity index (χ3v) is 4.71. The summed E-state index contributed by atoms with van der Waals surface area (Å²) in [5.41, 5.74) is 6.43. The van der Waals surface area contributed by atoms with Gasteiger partial charge in [-0.1, -0.05) is 0 Å². The van der Waals surface area contributed by atoms with Crippen molar-refractivity contribution in [3.05, 3.63) is 89.0 Å². The van der Waals surface area contributed by atoms with Crippen LogP contribution in [0.25, 0.3) is 5.57 Å². The van der Waals surface area contributed by atoms with E-state index in [1.807, 2.05) is 0 Å². The molecule has 0 saturated heterocycles. The van der Waals surface area contributed by atoms with Crippen molar-refractivity contribution < 1.29 is 32.9 Å². The molecule has 0 nitrogen and oxygen atoms in total. The van der Waals surface area contributed by atoms with Gasteiger partial charge >= 0.3 is 165 Å². The molecule has 0 N–H and O–H groups in total. The van der Waals surface area contributed by atoms with E-state index in [9.17, 15) is 16.9 Å². The van der Waals surface area contributed by atoms with Crippen molar-refractivity contribution in [2.45, 2.75) is 18.2 Å². The molecule has 0 saturated carbocycles. The number of hydrogen-bond donors (Lipinski definition) is 0. The van der Waals surface area contributed by atoms with E-state index in [0.29, 0.717) is 0 Å². The first-order chi connectivity index (χ1) is 12.1. The molecule has 148 valence electrons. The van der Waals surface area contributed by atoms with E-state index in [4.69, 9.17) is 0 Å². The third-order valence-electron chi connectivity index (χ3n) is 3.94. The van der Waals surface area contributed by atoms with Crippen LogP contribution in [0, 0.1) is 13.8 Å². The molecule has 2 aromatic carbocycles. The van der Waals surface area contributed by atoms with Gasteiger partial charge in [0.15, 0.2) is 0 Å². The number of aryl methyl sites for hydroxylation is 2. The molecule has 0 heterocycles. The first kappa shape index (κ1) is 22.1. The Morgan fingerprint density at radius 1 is 0.778 bits per heavy atom. The van der Waals surface area contributed by atoms with Crippen LogP contribution in [0.5, 0.6) is 0 Å². The number of rotatable bonds is 2. The van der Waals surface area contributed by atoms with Crippen LogP contribution >= 0.6 is 0 Å². The van der Waals surface area contributed by atoms with Gasteiger partial charge in [-0.05, 0) is 0 Å². The predicted molar refractivity (Wildman–Crippen MR) is 93.6 cm³/mol. The first-order valence-electron chi connectivity index (χ1n) is 7.84. The summed E-state index contributed by atoms with van der Waals surface area (Å²) in [7, 11) is 0. The van der Waals surface area contributed by atoms with E-state index in [2.05, 4.69) is 96.6 Å². The average Bonchev–Trinajstić information content (AvgIpc) is 2.88. The summed E-state index contributed by atoms with van der Waals surface area (Å²) >= 11 is -6.71. The Morgan fingerprint density at radius 2 is 1.26 bits per heavy atom. The summed E-state index contributed by atoms with van der Waals surface area (Å²) in [6.07, 6.45) is 6.53. The number of halogens is 6. The minimum absolute atomic E-state index is 0.280. The van der Waals surface area contributed by atoms with Crippen LogP contribution in [-0.2, 0) is 20.3 Å². The molecule has 0 aromatic heterocycles. The SMILES string of the molecule is Cc1ccccc1C1=CC=C[C]1([Fe+])c1ccccc1C.[F][Sb-]([F])([F])([F])([F])[F]. The second kappa shape index (κ2) is 6.72. The molecule has 1 aliphatic rings. The summed E-state index contributed by atoms with van der Waals surface area (Å²) < 4.78 is 59.3. The number of allylic oxidation sites excluding steroid dienone is 4. The van der Waals surface area contributed by atoms with Crippen LogP contribution in [0.3, 0.4) is 0 Å². The zero-order chi connectivity index (χ0) is 20.6. The van der Waals surface area contributed by atoms with E-state index < -0.39 is 19.5 Å². The molecule has 1 atom stereocenters. The van der Waals surface area contributed by atoms with E-state index in [1.165, 1.54) is 27.8 Å². The van der Waals surface area contributed by atoms with Gasteiger partial charge in [0.2, 0.25) is 0 Å². The Bertz CT molecular complexity index is 904. The second-order valence-electron chi connectivity index (χ2n) is 6.22. The molecule has 1 aliphatic carbocycles. The van der Waals surface area contributed by atoms with Crippen molar-refractivity contribution in [3.63, 3.8) is 0 Å². The van der Waals surface area contributed by atoms with E-state index in [1.54, 1.807) is 0 Å². The standard InChI is InChI=1S/C19H17.6FH.Fe.Sb/c1-14-8-3-5-10-16(14)18-12-7-13-19(18)17-11-6-4-9-15(17)2;;;;;;;;/h3-13H,1-2H3;6*1H;;/q;;;;;;;+1;+5/p-6. The van der Waals surface area contributed by atoms with Gasteiger partial charge in [0.1, 0.15) is 0 Å². The molecule has 3 rings (SSSR count). The molecule has 0 fully saturated rings. The monoisotopic (exact) mass is 536 g/mol. The van der Waals surface area contributed by atoms with Gasteiger partial charge in [-0.15, -0.1) is 0 Å². The van der Waals surface area contributed by atoms with Crippen LogP contribution in [-0.4, -0.2) is 19.5 Å². The van der Waals surface area contributed by atoms with Gasteiger partial charge < -0.3 is 0 Å². The normalized spacial score (nSPS) is 21.6. The maximum atomic E-state index is 9.93. The second-order valence-corrected chi connectivity index (χ2v) is 12.6. The van der Waals surface area contributed by atoms with Crippen molar-refractivity contribution in [1.29, 1.82) is 0 Å². The molecule has 8 heteroatoms. The Morgan fingerprint density at radius 3 is 1.78 bits per heavy atom. The Balaban J connectivity index is 0.000000321. The zero-order valence-electron chi connectivity index (χ0n) is 14.4. The number of benzene rings is 2. The minimum atomic E-state index is -11.2. The van der Waals surface area contributed by atoms with Gasteiger partial charge in [0.25, 0.3) is 0 Å². The molecule has 1 unspecified atom stereocenters. The molecular weight excluding hydrogens is 520 g/mol.